The first-order valence-corrected chi connectivity index (χ1v) is 6.53. The second-order valence-corrected chi connectivity index (χ2v) is 5.18. The van der Waals surface area contributed by atoms with Gasteiger partial charge in [-0.2, -0.15) is 0 Å². The topological polar surface area (TPSA) is 46.3 Å². The number of halogens is 2. The number of hydrogen-bond donors (Lipinski definition) is 1. The fraction of sp³-hybridized carbons (Fsp3) is 0.500. The molecule has 1 saturated heterocycles. The smallest absolute Gasteiger partial charge is 0.257 e. The summed E-state index contributed by atoms with van der Waals surface area (Å²) >= 11 is 0. The van der Waals surface area contributed by atoms with E-state index in [9.17, 15) is 13.6 Å². The number of nitrogen functional groups attached to an aromatic ring is 1. The van der Waals surface area contributed by atoms with Gasteiger partial charge in [0.25, 0.3) is 5.91 Å². The van der Waals surface area contributed by atoms with Gasteiger partial charge in [-0.1, -0.05) is 6.92 Å². The molecule has 1 heterocycles. The normalized spacial score (nSPS) is 20.2. The summed E-state index contributed by atoms with van der Waals surface area (Å²) in [6.45, 7) is 3.30. The van der Waals surface area contributed by atoms with E-state index in [0.717, 1.165) is 31.4 Å². The molecular formula is C14H18F2N2O. The number of anilines is 1. The standard InChI is InChI=1S/C14H18F2N2O/c1-9-3-2-5-18(6-4-9)14(19)11-7-10(15)8-12(17)13(11)16/h7-9H,2-6,17H2,1H3. The van der Waals surface area contributed by atoms with Crippen LogP contribution in [0, 0.1) is 17.6 Å². The van der Waals surface area contributed by atoms with Crippen LogP contribution in [0.5, 0.6) is 0 Å². The molecule has 1 aliphatic heterocycles. The molecule has 1 aromatic rings. The molecule has 1 aromatic carbocycles. The summed E-state index contributed by atoms with van der Waals surface area (Å²) in [7, 11) is 0. The lowest BCUT2D eigenvalue weighted by Gasteiger charge is -2.21. The summed E-state index contributed by atoms with van der Waals surface area (Å²) < 4.78 is 27.1. The van der Waals surface area contributed by atoms with Crippen LogP contribution in [0.15, 0.2) is 12.1 Å². The van der Waals surface area contributed by atoms with Crippen molar-refractivity contribution in [3.63, 3.8) is 0 Å². The van der Waals surface area contributed by atoms with Gasteiger partial charge in [-0.3, -0.25) is 4.79 Å². The third kappa shape index (κ3) is 3.03. The number of likely N-dealkylation sites (tertiary alicyclic amines) is 1. The van der Waals surface area contributed by atoms with E-state index in [1.54, 1.807) is 4.90 Å². The van der Waals surface area contributed by atoms with E-state index in [4.69, 9.17) is 5.73 Å². The molecule has 1 amide bonds. The average molecular weight is 268 g/mol. The number of carbonyl (C=O) groups is 1. The van der Waals surface area contributed by atoms with E-state index in [0.29, 0.717) is 19.0 Å². The molecule has 104 valence electrons. The molecule has 0 radical (unpaired) electrons. The van der Waals surface area contributed by atoms with Gasteiger partial charge in [-0.25, -0.2) is 8.78 Å². The van der Waals surface area contributed by atoms with Crippen molar-refractivity contribution in [1.29, 1.82) is 0 Å². The van der Waals surface area contributed by atoms with Gasteiger partial charge in [0.1, 0.15) is 5.82 Å². The summed E-state index contributed by atoms with van der Waals surface area (Å²) in [5, 5.41) is 0. The third-order valence-electron chi connectivity index (χ3n) is 3.60. The van der Waals surface area contributed by atoms with Crippen LogP contribution in [0.25, 0.3) is 0 Å². The molecule has 3 nitrogen and oxygen atoms in total. The first-order chi connectivity index (χ1) is 8.99. The molecule has 1 aliphatic rings. The minimum Gasteiger partial charge on any atom is -0.396 e. The Hall–Kier alpha value is -1.65. The molecular weight excluding hydrogens is 250 g/mol. The molecule has 1 atom stereocenters. The van der Waals surface area contributed by atoms with E-state index < -0.39 is 17.5 Å². The number of benzene rings is 1. The highest BCUT2D eigenvalue weighted by Crippen LogP contribution is 2.22. The molecule has 0 spiro atoms. The zero-order valence-electron chi connectivity index (χ0n) is 11.0. The quantitative estimate of drug-likeness (QED) is 0.796. The van der Waals surface area contributed by atoms with Crippen LogP contribution < -0.4 is 5.73 Å². The molecule has 0 bridgehead atoms. The SMILES string of the molecule is CC1CCCN(C(=O)c2cc(F)cc(N)c2F)CC1. The first kappa shape index (κ1) is 13.8. The number of carbonyl (C=O) groups excluding carboxylic acids is 1. The average Bonchev–Trinajstić information content (AvgIpc) is 2.58. The van der Waals surface area contributed by atoms with Crippen LogP contribution >= 0.6 is 0 Å². The predicted octanol–water partition coefficient (Wildman–Crippen LogP) is 2.81. The fourth-order valence-corrected chi connectivity index (χ4v) is 2.40. The maximum atomic E-state index is 13.8. The van der Waals surface area contributed by atoms with Gasteiger partial charge in [0.15, 0.2) is 5.82 Å². The molecule has 0 saturated carbocycles. The van der Waals surface area contributed by atoms with Crippen molar-refractivity contribution in [2.75, 3.05) is 18.8 Å². The van der Waals surface area contributed by atoms with Crippen molar-refractivity contribution in [2.45, 2.75) is 26.2 Å². The van der Waals surface area contributed by atoms with Gasteiger partial charge >= 0.3 is 0 Å². The molecule has 5 heteroatoms. The van der Waals surface area contributed by atoms with Crippen LogP contribution in [0.1, 0.15) is 36.5 Å². The fourth-order valence-electron chi connectivity index (χ4n) is 2.40. The Morgan fingerprint density at radius 1 is 1.32 bits per heavy atom. The number of rotatable bonds is 1. The molecule has 1 fully saturated rings. The van der Waals surface area contributed by atoms with Gasteiger partial charge in [0.2, 0.25) is 0 Å². The number of nitrogens with two attached hydrogens (primary N) is 1. The summed E-state index contributed by atoms with van der Waals surface area (Å²) in [5.74, 6) is -1.44. The van der Waals surface area contributed by atoms with Gasteiger partial charge in [0, 0.05) is 13.1 Å². The highest BCUT2D eigenvalue weighted by Gasteiger charge is 2.23. The minimum absolute atomic E-state index is 0.271. The van der Waals surface area contributed by atoms with Crippen molar-refractivity contribution in [1.82, 2.24) is 4.90 Å². The van der Waals surface area contributed by atoms with Crippen molar-refractivity contribution in [3.05, 3.63) is 29.3 Å². The van der Waals surface area contributed by atoms with Gasteiger partial charge in [-0.05, 0) is 37.3 Å². The molecule has 0 aliphatic carbocycles. The lowest BCUT2D eigenvalue weighted by molar-refractivity contribution is 0.0755. The Balaban J connectivity index is 2.24. The molecule has 19 heavy (non-hydrogen) atoms. The van der Waals surface area contributed by atoms with E-state index in [-0.39, 0.29) is 11.3 Å². The lowest BCUT2D eigenvalue weighted by atomic mass is 10.0. The monoisotopic (exact) mass is 268 g/mol. The molecule has 1 unspecified atom stereocenters. The molecule has 0 aromatic heterocycles. The van der Waals surface area contributed by atoms with Crippen molar-refractivity contribution < 1.29 is 13.6 Å². The highest BCUT2D eigenvalue weighted by molar-refractivity contribution is 5.95. The zero-order chi connectivity index (χ0) is 14.0. The number of nitrogens with zero attached hydrogens (tertiary/aromatic N) is 1. The van der Waals surface area contributed by atoms with Gasteiger partial charge in [-0.15, -0.1) is 0 Å². The zero-order valence-corrected chi connectivity index (χ0v) is 11.0. The van der Waals surface area contributed by atoms with Gasteiger partial charge in [0.05, 0.1) is 11.3 Å². The Morgan fingerprint density at radius 3 is 2.79 bits per heavy atom. The predicted molar refractivity (Wildman–Crippen MR) is 69.7 cm³/mol. The maximum absolute atomic E-state index is 13.8. The van der Waals surface area contributed by atoms with E-state index in [1.807, 2.05) is 0 Å². The van der Waals surface area contributed by atoms with Crippen LogP contribution in [-0.4, -0.2) is 23.9 Å². The van der Waals surface area contributed by atoms with Crippen LogP contribution in [0.4, 0.5) is 14.5 Å². The van der Waals surface area contributed by atoms with Crippen molar-refractivity contribution in [3.8, 4) is 0 Å². The minimum atomic E-state index is -0.830. The number of amides is 1. The third-order valence-corrected chi connectivity index (χ3v) is 3.60. The molecule has 2 N–H and O–H groups in total. The van der Waals surface area contributed by atoms with E-state index in [2.05, 4.69) is 6.92 Å². The Kier molecular flexibility index (Phi) is 4.02. The summed E-state index contributed by atoms with van der Waals surface area (Å²) in [5.41, 5.74) is 4.76. The number of hydrogen-bond acceptors (Lipinski definition) is 2. The second-order valence-electron chi connectivity index (χ2n) is 5.18. The Labute approximate surface area is 111 Å². The maximum Gasteiger partial charge on any atom is 0.257 e. The highest BCUT2D eigenvalue weighted by atomic mass is 19.1. The van der Waals surface area contributed by atoms with E-state index >= 15 is 0 Å². The van der Waals surface area contributed by atoms with Crippen LogP contribution in [0.3, 0.4) is 0 Å². The van der Waals surface area contributed by atoms with Crippen molar-refractivity contribution in [2.24, 2.45) is 5.92 Å². The molecule has 2 rings (SSSR count). The van der Waals surface area contributed by atoms with E-state index in [1.165, 1.54) is 0 Å². The second kappa shape index (κ2) is 5.55. The largest absolute Gasteiger partial charge is 0.396 e. The van der Waals surface area contributed by atoms with Crippen LogP contribution in [-0.2, 0) is 0 Å². The van der Waals surface area contributed by atoms with Crippen LogP contribution in [0.2, 0.25) is 0 Å². The van der Waals surface area contributed by atoms with Gasteiger partial charge < -0.3 is 10.6 Å². The summed E-state index contributed by atoms with van der Waals surface area (Å²) in [6, 6.07) is 1.80. The lowest BCUT2D eigenvalue weighted by Crippen LogP contribution is -2.32. The first-order valence-electron chi connectivity index (χ1n) is 6.53. The Bertz CT molecular complexity index is 491. The Morgan fingerprint density at radius 2 is 2.05 bits per heavy atom. The summed E-state index contributed by atoms with van der Waals surface area (Å²) in [6.07, 6.45) is 2.83. The van der Waals surface area contributed by atoms with Crippen molar-refractivity contribution >= 4 is 11.6 Å². The summed E-state index contributed by atoms with van der Waals surface area (Å²) in [4.78, 5) is 13.8.